The van der Waals surface area contributed by atoms with Gasteiger partial charge in [0.25, 0.3) is 0 Å². The van der Waals surface area contributed by atoms with Gasteiger partial charge < -0.3 is 4.74 Å². The molecule has 0 aliphatic carbocycles. The van der Waals surface area contributed by atoms with Crippen LogP contribution in [-0.2, 0) is 6.42 Å². The third-order valence-electron chi connectivity index (χ3n) is 4.10. The molecule has 0 heterocycles. The number of hydrogen-bond donors (Lipinski definition) is 0. The van der Waals surface area contributed by atoms with E-state index in [1.807, 2.05) is 30.3 Å². The van der Waals surface area contributed by atoms with E-state index in [1.54, 1.807) is 12.1 Å². The summed E-state index contributed by atoms with van der Waals surface area (Å²) in [6, 6.07) is 23.5. The summed E-state index contributed by atoms with van der Waals surface area (Å²) < 4.78 is 29.1. The summed E-state index contributed by atoms with van der Waals surface area (Å²) in [6.07, 6.45) is 2.12. The standard InChI is InChI=1S/C22H20F2O/c1-2-6-16-9-14-20(21(15-16)17-7-4-3-5-8-17)18-10-12-19(13-11-18)25-22(23)24/h3-5,7-15,22H,2,6H2,1H3. The third kappa shape index (κ3) is 4.24. The molecule has 0 aromatic heterocycles. The number of aryl methyl sites for hydroxylation is 1. The molecular weight excluding hydrogens is 318 g/mol. The highest BCUT2D eigenvalue weighted by molar-refractivity contribution is 5.84. The van der Waals surface area contributed by atoms with Crippen molar-refractivity contribution in [3.8, 4) is 28.0 Å². The Morgan fingerprint density at radius 2 is 1.48 bits per heavy atom. The first kappa shape index (κ1) is 17.2. The molecule has 0 N–H and O–H groups in total. The Hall–Kier alpha value is -2.68. The quantitative estimate of drug-likeness (QED) is 0.493. The number of hydrogen-bond acceptors (Lipinski definition) is 1. The molecule has 0 saturated heterocycles. The molecule has 3 heteroatoms. The van der Waals surface area contributed by atoms with Crippen molar-refractivity contribution >= 4 is 0 Å². The molecular formula is C22H20F2O. The van der Waals surface area contributed by atoms with Gasteiger partial charge in [-0.2, -0.15) is 8.78 Å². The Balaban J connectivity index is 2.03. The summed E-state index contributed by atoms with van der Waals surface area (Å²) in [5.41, 5.74) is 5.64. The van der Waals surface area contributed by atoms with Gasteiger partial charge in [-0.15, -0.1) is 0 Å². The highest BCUT2D eigenvalue weighted by Crippen LogP contribution is 2.34. The van der Waals surface area contributed by atoms with Gasteiger partial charge in [-0.3, -0.25) is 0 Å². The minimum absolute atomic E-state index is 0.169. The second kappa shape index (κ2) is 7.93. The van der Waals surface area contributed by atoms with Gasteiger partial charge in [-0.25, -0.2) is 0 Å². The minimum Gasteiger partial charge on any atom is -0.435 e. The summed E-state index contributed by atoms with van der Waals surface area (Å²) in [5.74, 6) is 0.169. The van der Waals surface area contributed by atoms with E-state index in [4.69, 9.17) is 0 Å². The van der Waals surface area contributed by atoms with Crippen molar-refractivity contribution in [1.82, 2.24) is 0 Å². The van der Waals surface area contributed by atoms with E-state index in [2.05, 4.69) is 42.0 Å². The minimum atomic E-state index is -2.81. The Kier molecular flexibility index (Phi) is 5.44. The van der Waals surface area contributed by atoms with E-state index in [9.17, 15) is 8.78 Å². The first-order valence-electron chi connectivity index (χ1n) is 8.41. The van der Waals surface area contributed by atoms with Crippen LogP contribution in [0.1, 0.15) is 18.9 Å². The van der Waals surface area contributed by atoms with Crippen LogP contribution in [0.5, 0.6) is 5.75 Å². The summed E-state index contributed by atoms with van der Waals surface area (Å²) in [4.78, 5) is 0. The molecule has 3 aromatic carbocycles. The topological polar surface area (TPSA) is 9.23 Å². The first-order chi connectivity index (χ1) is 12.2. The van der Waals surface area contributed by atoms with Crippen molar-refractivity contribution in [1.29, 1.82) is 0 Å². The maximum atomic E-state index is 12.3. The maximum absolute atomic E-state index is 12.3. The van der Waals surface area contributed by atoms with Crippen LogP contribution >= 0.6 is 0 Å². The number of halogens is 2. The van der Waals surface area contributed by atoms with Gasteiger partial charge in [0.05, 0.1) is 0 Å². The number of alkyl halides is 2. The van der Waals surface area contributed by atoms with Crippen LogP contribution < -0.4 is 4.74 Å². The lowest BCUT2D eigenvalue weighted by molar-refractivity contribution is -0.0498. The smallest absolute Gasteiger partial charge is 0.387 e. The fourth-order valence-corrected chi connectivity index (χ4v) is 2.96. The molecule has 3 rings (SSSR count). The molecule has 0 saturated carbocycles. The molecule has 0 aliphatic rings. The zero-order valence-corrected chi connectivity index (χ0v) is 14.1. The predicted octanol–water partition coefficient (Wildman–Crippen LogP) is 6.57. The van der Waals surface area contributed by atoms with Gasteiger partial charge in [0.2, 0.25) is 0 Å². The zero-order valence-electron chi connectivity index (χ0n) is 14.1. The van der Waals surface area contributed by atoms with E-state index in [0.717, 1.165) is 35.1 Å². The SMILES string of the molecule is CCCc1ccc(-c2ccc(OC(F)F)cc2)c(-c2ccccc2)c1. The van der Waals surface area contributed by atoms with Gasteiger partial charge in [0, 0.05) is 0 Å². The van der Waals surface area contributed by atoms with Gasteiger partial charge in [0.1, 0.15) is 5.75 Å². The van der Waals surface area contributed by atoms with Crippen LogP contribution in [0.15, 0.2) is 72.8 Å². The van der Waals surface area contributed by atoms with Crippen molar-refractivity contribution in [3.05, 3.63) is 78.4 Å². The van der Waals surface area contributed by atoms with Crippen molar-refractivity contribution in [2.24, 2.45) is 0 Å². The molecule has 0 bridgehead atoms. The fraction of sp³-hybridized carbons (Fsp3) is 0.182. The largest absolute Gasteiger partial charge is 0.435 e. The van der Waals surface area contributed by atoms with Crippen molar-refractivity contribution in [2.75, 3.05) is 0 Å². The second-order valence-electron chi connectivity index (χ2n) is 5.90. The average Bonchev–Trinajstić information content (AvgIpc) is 2.63. The molecule has 0 atom stereocenters. The summed E-state index contributed by atoms with van der Waals surface area (Å²) in [6.45, 7) is -0.642. The molecule has 25 heavy (non-hydrogen) atoms. The third-order valence-corrected chi connectivity index (χ3v) is 4.10. The lowest BCUT2D eigenvalue weighted by atomic mass is 9.92. The Bertz CT molecular complexity index is 811. The maximum Gasteiger partial charge on any atom is 0.387 e. The Morgan fingerprint density at radius 1 is 0.800 bits per heavy atom. The molecule has 0 fully saturated rings. The summed E-state index contributed by atoms with van der Waals surface area (Å²) in [5, 5.41) is 0. The van der Waals surface area contributed by atoms with Gasteiger partial charge in [0.15, 0.2) is 0 Å². The van der Waals surface area contributed by atoms with Crippen LogP contribution in [-0.4, -0.2) is 6.61 Å². The number of ether oxygens (including phenoxy) is 1. The van der Waals surface area contributed by atoms with Gasteiger partial charge >= 0.3 is 6.61 Å². The van der Waals surface area contributed by atoms with Crippen LogP contribution in [0, 0.1) is 0 Å². The number of rotatable bonds is 6. The average molecular weight is 338 g/mol. The molecule has 1 nitrogen and oxygen atoms in total. The molecule has 0 unspecified atom stereocenters. The lowest BCUT2D eigenvalue weighted by Gasteiger charge is -2.13. The molecule has 0 aliphatic heterocycles. The van der Waals surface area contributed by atoms with Gasteiger partial charge in [-0.1, -0.05) is 74.0 Å². The highest BCUT2D eigenvalue weighted by Gasteiger charge is 2.10. The summed E-state index contributed by atoms with van der Waals surface area (Å²) in [7, 11) is 0. The van der Waals surface area contributed by atoms with Gasteiger partial charge in [-0.05, 0) is 46.4 Å². The Morgan fingerprint density at radius 3 is 2.12 bits per heavy atom. The van der Waals surface area contributed by atoms with Crippen LogP contribution in [0.2, 0.25) is 0 Å². The Labute approximate surface area is 146 Å². The van der Waals surface area contributed by atoms with E-state index < -0.39 is 6.61 Å². The van der Waals surface area contributed by atoms with Crippen LogP contribution in [0.4, 0.5) is 8.78 Å². The molecule has 0 amide bonds. The van der Waals surface area contributed by atoms with E-state index in [0.29, 0.717) is 0 Å². The van der Waals surface area contributed by atoms with Crippen LogP contribution in [0.25, 0.3) is 22.3 Å². The molecule has 128 valence electrons. The van der Waals surface area contributed by atoms with E-state index in [1.165, 1.54) is 5.56 Å². The summed E-state index contributed by atoms with van der Waals surface area (Å²) >= 11 is 0. The number of benzene rings is 3. The van der Waals surface area contributed by atoms with Crippen molar-refractivity contribution < 1.29 is 13.5 Å². The normalized spacial score (nSPS) is 10.9. The highest BCUT2D eigenvalue weighted by atomic mass is 19.3. The zero-order chi connectivity index (χ0) is 17.6. The second-order valence-corrected chi connectivity index (χ2v) is 5.90. The first-order valence-corrected chi connectivity index (χ1v) is 8.41. The molecule has 3 aromatic rings. The predicted molar refractivity (Wildman–Crippen MR) is 97.9 cm³/mol. The van der Waals surface area contributed by atoms with Crippen molar-refractivity contribution in [3.63, 3.8) is 0 Å². The fourth-order valence-electron chi connectivity index (χ4n) is 2.96. The van der Waals surface area contributed by atoms with E-state index >= 15 is 0 Å². The van der Waals surface area contributed by atoms with Crippen LogP contribution in [0.3, 0.4) is 0 Å². The lowest BCUT2D eigenvalue weighted by Crippen LogP contribution is -2.01. The van der Waals surface area contributed by atoms with E-state index in [-0.39, 0.29) is 5.75 Å². The molecule has 0 radical (unpaired) electrons. The van der Waals surface area contributed by atoms with Crippen molar-refractivity contribution in [2.45, 2.75) is 26.4 Å². The molecule has 0 spiro atoms. The monoisotopic (exact) mass is 338 g/mol.